The van der Waals surface area contributed by atoms with E-state index in [-0.39, 0.29) is 17.9 Å². The average Bonchev–Trinajstić information content (AvgIpc) is 2.80. The van der Waals surface area contributed by atoms with Gasteiger partial charge in [0, 0.05) is 44.6 Å². The first-order chi connectivity index (χ1) is 12.4. The number of ether oxygens (including phenoxy) is 1. The predicted molar refractivity (Wildman–Crippen MR) is 104 cm³/mol. The molecule has 0 saturated carbocycles. The van der Waals surface area contributed by atoms with Crippen molar-refractivity contribution in [1.29, 1.82) is 0 Å². The molecule has 2 aromatic rings. The molecule has 0 aromatic carbocycles. The number of thiophene rings is 1. The highest BCUT2D eigenvalue weighted by Gasteiger charge is 2.29. The number of aromatic nitrogens is 2. The zero-order valence-corrected chi connectivity index (χ0v) is 16.6. The van der Waals surface area contributed by atoms with Crippen LogP contribution < -0.4 is 10.6 Å². The van der Waals surface area contributed by atoms with Crippen LogP contribution in [0.4, 0.5) is 11.8 Å². The SMILES string of the molecule is Cc1cc(N2CCCOCC2c2cc(C(=O)N(C)C)sc2Cl)nc(N)n1. The van der Waals surface area contributed by atoms with Crippen LogP contribution >= 0.6 is 22.9 Å². The van der Waals surface area contributed by atoms with E-state index in [4.69, 9.17) is 22.1 Å². The molecule has 2 N–H and O–H groups in total. The van der Waals surface area contributed by atoms with Gasteiger partial charge in [-0.2, -0.15) is 4.98 Å². The first-order valence-electron chi connectivity index (χ1n) is 8.33. The molecule has 1 saturated heterocycles. The van der Waals surface area contributed by atoms with E-state index < -0.39 is 0 Å². The number of hydrogen-bond donors (Lipinski definition) is 1. The first kappa shape index (κ1) is 18.9. The lowest BCUT2D eigenvalue weighted by molar-refractivity contribution is 0.0832. The second-order valence-corrected chi connectivity index (χ2v) is 8.06. The third-order valence-electron chi connectivity index (χ3n) is 4.18. The van der Waals surface area contributed by atoms with Crippen LogP contribution in [0.15, 0.2) is 12.1 Å². The van der Waals surface area contributed by atoms with Crippen LogP contribution in [0.2, 0.25) is 4.34 Å². The molecule has 3 heterocycles. The van der Waals surface area contributed by atoms with E-state index >= 15 is 0 Å². The van der Waals surface area contributed by atoms with Crippen molar-refractivity contribution in [3.05, 3.63) is 32.6 Å². The third-order valence-corrected chi connectivity index (χ3v) is 5.56. The smallest absolute Gasteiger partial charge is 0.263 e. The molecule has 9 heteroatoms. The molecule has 1 amide bonds. The second kappa shape index (κ2) is 7.77. The minimum absolute atomic E-state index is 0.0636. The van der Waals surface area contributed by atoms with Crippen LogP contribution in [0.5, 0.6) is 0 Å². The number of anilines is 2. The van der Waals surface area contributed by atoms with Gasteiger partial charge in [-0.05, 0) is 19.4 Å². The number of nitrogens with two attached hydrogens (primary N) is 1. The maximum absolute atomic E-state index is 12.3. The molecule has 1 fully saturated rings. The summed E-state index contributed by atoms with van der Waals surface area (Å²) in [5, 5.41) is 0. The van der Waals surface area contributed by atoms with Gasteiger partial charge in [0.1, 0.15) is 5.82 Å². The van der Waals surface area contributed by atoms with Gasteiger partial charge in [0.25, 0.3) is 5.91 Å². The Morgan fingerprint density at radius 3 is 2.88 bits per heavy atom. The van der Waals surface area contributed by atoms with Gasteiger partial charge in [-0.3, -0.25) is 4.79 Å². The van der Waals surface area contributed by atoms with Crippen molar-refractivity contribution in [1.82, 2.24) is 14.9 Å². The number of carbonyl (C=O) groups is 1. The fourth-order valence-electron chi connectivity index (χ4n) is 2.97. The van der Waals surface area contributed by atoms with E-state index in [0.29, 0.717) is 22.4 Å². The monoisotopic (exact) mass is 395 g/mol. The molecule has 2 aromatic heterocycles. The van der Waals surface area contributed by atoms with Crippen molar-refractivity contribution in [2.24, 2.45) is 0 Å². The average molecular weight is 396 g/mol. The highest BCUT2D eigenvalue weighted by molar-refractivity contribution is 7.18. The van der Waals surface area contributed by atoms with E-state index in [2.05, 4.69) is 14.9 Å². The minimum atomic E-state index is -0.140. The number of amides is 1. The quantitative estimate of drug-likeness (QED) is 0.860. The van der Waals surface area contributed by atoms with E-state index in [1.165, 1.54) is 11.3 Å². The van der Waals surface area contributed by atoms with Crippen LogP contribution in [-0.4, -0.2) is 54.6 Å². The van der Waals surface area contributed by atoms with Crippen LogP contribution in [0.25, 0.3) is 0 Å². The molecule has 0 spiro atoms. The lowest BCUT2D eigenvalue weighted by Crippen LogP contribution is -2.31. The molecule has 1 aliphatic heterocycles. The van der Waals surface area contributed by atoms with Gasteiger partial charge in [-0.1, -0.05) is 11.6 Å². The summed E-state index contributed by atoms with van der Waals surface area (Å²) in [6.45, 7) is 3.77. The highest BCUT2D eigenvalue weighted by Crippen LogP contribution is 2.38. The van der Waals surface area contributed by atoms with Gasteiger partial charge in [-0.25, -0.2) is 4.98 Å². The summed E-state index contributed by atoms with van der Waals surface area (Å²) in [5.74, 6) is 0.920. The van der Waals surface area contributed by atoms with E-state index in [1.54, 1.807) is 19.0 Å². The number of aryl methyl sites for hydroxylation is 1. The first-order valence-corrected chi connectivity index (χ1v) is 9.52. The summed E-state index contributed by atoms with van der Waals surface area (Å²) in [4.78, 5) is 25.1. The molecule has 0 bridgehead atoms. The highest BCUT2D eigenvalue weighted by atomic mass is 35.5. The van der Waals surface area contributed by atoms with Gasteiger partial charge in [0.2, 0.25) is 5.95 Å². The summed E-state index contributed by atoms with van der Waals surface area (Å²) in [6, 6.07) is 3.62. The molecule has 1 atom stereocenters. The van der Waals surface area contributed by atoms with Crippen molar-refractivity contribution in [2.45, 2.75) is 19.4 Å². The Balaban J connectivity index is 2.01. The fourth-order valence-corrected chi connectivity index (χ4v) is 4.36. The van der Waals surface area contributed by atoms with E-state index in [0.717, 1.165) is 30.0 Å². The number of rotatable bonds is 3. The van der Waals surface area contributed by atoms with Crippen LogP contribution in [0, 0.1) is 6.92 Å². The molecule has 140 valence electrons. The zero-order valence-electron chi connectivity index (χ0n) is 15.0. The lowest BCUT2D eigenvalue weighted by atomic mass is 10.1. The minimum Gasteiger partial charge on any atom is -0.379 e. The van der Waals surface area contributed by atoms with Gasteiger partial charge in [0.15, 0.2) is 0 Å². The van der Waals surface area contributed by atoms with E-state index in [9.17, 15) is 4.79 Å². The maximum atomic E-state index is 12.3. The molecule has 1 unspecified atom stereocenters. The van der Waals surface area contributed by atoms with E-state index in [1.807, 2.05) is 19.1 Å². The molecular weight excluding hydrogens is 374 g/mol. The van der Waals surface area contributed by atoms with Crippen molar-refractivity contribution in [3.8, 4) is 0 Å². The van der Waals surface area contributed by atoms with Crippen molar-refractivity contribution < 1.29 is 9.53 Å². The Bertz CT molecular complexity index is 790. The summed E-state index contributed by atoms with van der Waals surface area (Å²) in [5.41, 5.74) is 7.52. The van der Waals surface area contributed by atoms with Gasteiger partial charge in [-0.15, -0.1) is 11.3 Å². The predicted octanol–water partition coefficient (Wildman–Crippen LogP) is 2.75. The molecule has 0 aliphatic carbocycles. The largest absolute Gasteiger partial charge is 0.379 e. The Labute approximate surface area is 161 Å². The maximum Gasteiger partial charge on any atom is 0.263 e. The Morgan fingerprint density at radius 2 is 2.19 bits per heavy atom. The number of hydrogen-bond acceptors (Lipinski definition) is 7. The Hall–Kier alpha value is -1.90. The number of nitrogens with zero attached hydrogens (tertiary/aromatic N) is 4. The zero-order chi connectivity index (χ0) is 18.8. The Kier molecular flexibility index (Phi) is 5.64. The molecular formula is C17H22ClN5O2S. The molecule has 1 aliphatic rings. The van der Waals surface area contributed by atoms with Crippen molar-refractivity contribution in [2.75, 3.05) is 44.5 Å². The standard InChI is InChI=1S/C17H22ClN5O2S/c1-10-7-14(21-17(19)20-10)23-5-4-6-25-9-12(23)11-8-13(26-15(11)18)16(24)22(2)3/h7-8,12H,4-6,9H2,1-3H3,(H2,19,20,21). The van der Waals surface area contributed by atoms with Gasteiger partial charge in [0.05, 0.1) is 21.9 Å². The van der Waals surface area contributed by atoms with Crippen LogP contribution in [-0.2, 0) is 4.74 Å². The second-order valence-electron chi connectivity index (χ2n) is 6.40. The summed E-state index contributed by atoms with van der Waals surface area (Å²) in [6.07, 6.45) is 0.866. The van der Waals surface area contributed by atoms with Gasteiger partial charge >= 0.3 is 0 Å². The van der Waals surface area contributed by atoms with Crippen molar-refractivity contribution >= 4 is 40.6 Å². The summed E-state index contributed by atoms with van der Waals surface area (Å²) >= 11 is 7.79. The fraction of sp³-hybridized carbons (Fsp3) is 0.471. The number of nitrogen functional groups attached to an aromatic ring is 1. The topological polar surface area (TPSA) is 84.6 Å². The molecule has 3 rings (SSSR count). The summed E-state index contributed by atoms with van der Waals surface area (Å²) < 4.78 is 6.37. The van der Waals surface area contributed by atoms with Gasteiger partial charge < -0.3 is 20.3 Å². The van der Waals surface area contributed by atoms with Crippen LogP contribution in [0.3, 0.4) is 0 Å². The summed E-state index contributed by atoms with van der Waals surface area (Å²) in [7, 11) is 3.45. The third kappa shape index (κ3) is 3.92. The van der Waals surface area contributed by atoms with Crippen LogP contribution in [0.1, 0.15) is 33.4 Å². The van der Waals surface area contributed by atoms with Crippen molar-refractivity contribution in [3.63, 3.8) is 0 Å². The lowest BCUT2D eigenvalue weighted by Gasteiger charge is -2.30. The molecule has 26 heavy (non-hydrogen) atoms. The Morgan fingerprint density at radius 1 is 1.42 bits per heavy atom. The number of carbonyl (C=O) groups excluding carboxylic acids is 1. The normalized spacial score (nSPS) is 17.8. The molecule has 0 radical (unpaired) electrons. The molecule has 7 nitrogen and oxygen atoms in total. The number of halogens is 1.